The van der Waals surface area contributed by atoms with E-state index in [4.69, 9.17) is 0 Å². The molecule has 0 atom stereocenters. The first-order valence-electron chi connectivity index (χ1n) is 10.4. The third kappa shape index (κ3) is 4.36. The quantitative estimate of drug-likeness (QED) is 0.864. The normalized spacial score (nSPS) is 18.3. The van der Waals surface area contributed by atoms with Gasteiger partial charge in [-0.3, -0.25) is 9.69 Å². The van der Waals surface area contributed by atoms with Gasteiger partial charge in [-0.25, -0.2) is 4.68 Å². The van der Waals surface area contributed by atoms with E-state index in [-0.39, 0.29) is 5.91 Å². The summed E-state index contributed by atoms with van der Waals surface area (Å²) in [7, 11) is 0. The minimum absolute atomic E-state index is 0.173. The van der Waals surface area contributed by atoms with E-state index in [1.807, 2.05) is 10.9 Å². The van der Waals surface area contributed by atoms with Crippen molar-refractivity contribution in [3.05, 3.63) is 53.4 Å². The van der Waals surface area contributed by atoms with Crippen LogP contribution < -0.4 is 5.32 Å². The van der Waals surface area contributed by atoms with Crippen LogP contribution in [0.5, 0.6) is 0 Å². The van der Waals surface area contributed by atoms with Gasteiger partial charge in [-0.1, -0.05) is 25.0 Å². The number of hydrogen-bond donors (Lipinski definition) is 1. The van der Waals surface area contributed by atoms with E-state index in [0.29, 0.717) is 12.6 Å². The molecular weight excluding hydrogens is 348 g/mol. The second-order valence-corrected chi connectivity index (χ2v) is 8.21. The molecule has 1 aliphatic carbocycles. The average Bonchev–Trinajstić information content (AvgIpc) is 3.37. The summed E-state index contributed by atoms with van der Waals surface area (Å²) < 4.78 is 1.95. The molecular formula is C23H30N4O. The number of hydrogen-bond acceptors (Lipinski definition) is 3. The number of amides is 1. The lowest BCUT2D eigenvalue weighted by Gasteiger charge is -2.26. The maximum Gasteiger partial charge on any atom is 0.234 e. The molecule has 148 valence electrons. The third-order valence-electron chi connectivity index (χ3n) is 6.09. The van der Waals surface area contributed by atoms with E-state index in [9.17, 15) is 4.79 Å². The van der Waals surface area contributed by atoms with Crippen LogP contribution in [0.1, 0.15) is 48.8 Å². The number of aryl methyl sites for hydroxylation is 2. The van der Waals surface area contributed by atoms with Crippen LogP contribution in [0.2, 0.25) is 0 Å². The first-order valence-corrected chi connectivity index (χ1v) is 10.4. The van der Waals surface area contributed by atoms with Crippen molar-refractivity contribution in [2.45, 2.75) is 52.0 Å². The fourth-order valence-electron chi connectivity index (χ4n) is 4.16. The molecule has 0 saturated heterocycles. The van der Waals surface area contributed by atoms with Gasteiger partial charge in [-0.2, -0.15) is 5.10 Å². The molecule has 1 fully saturated rings. The van der Waals surface area contributed by atoms with Gasteiger partial charge in [0.2, 0.25) is 5.91 Å². The second-order valence-electron chi connectivity index (χ2n) is 8.21. The molecule has 0 unspecified atom stereocenters. The third-order valence-corrected chi connectivity index (χ3v) is 6.09. The van der Waals surface area contributed by atoms with Gasteiger partial charge in [-0.05, 0) is 61.9 Å². The minimum Gasteiger partial charge on any atom is -0.352 e. The van der Waals surface area contributed by atoms with E-state index < -0.39 is 0 Å². The standard InChI is InChI=1S/C23H30N4O/c1-17-7-8-22(13-18(17)2)27-15-20(14-24-27)19-9-11-26(12-10-19)16-23(28)25-21-5-3-4-6-21/h7-9,13-15,21H,3-6,10-12,16H2,1-2H3,(H,25,28). The zero-order valence-corrected chi connectivity index (χ0v) is 16.9. The molecule has 1 aromatic carbocycles. The summed E-state index contributed by atoms with van der Waals surface area (Å²) in [4.78, 5) is 14.5. The Morgan fingerprint density at radius 1 is 1.21 bits per heavy atom. The molecule has 5 nitrogen and oxygen atoms in total. The van der Waals surface area contributed by atoms with Crippen molar-refractivity contribution in [2.24, 2.45) is 0 Å². The van der Waals surface area contributed by atoms with Gasteiger partial charge in [0.05, 0.1) is 18.4 Å². The first-order chi connectivity index (χ1) is 13.6. The molecule has 1 saturated carbocycles. The topological polar surface area (TPSA) is 50.2 Å². The van der Waals surface area contributed by atoms with Crippen molar-refractivity contribution in [1.29, 1.82) is 0 Å². The number of rotatable bonds is 5. The molecule has 0 spiro atoms. The van der Waals surface area contributed by atoms with Crippen molar-refractivity contribution in [2.75, 3.05) is 19.6 Å². The highest BCUT2D eigenvalue weighted by atomic mass is 16.2. The molecule has 2 heterocycles. The van der Waals surface area contributed by atoms with Gasteiger partial charge in [0.1, 0.15) is 0 Å². The van der Waals surface area contributed by atoms with Gasteiger partial charge in [0.15, 0.2) is 0 Å². The molecule has 0 bridgehead atoms. The fraction of sp³-hybridized carbons (Fsp3) is 0.478. The van der Waals surface area contributed by atoms with Crippen molar-refractivity contribution in [1.82, 2.24) is 20.0 Å². The van der Waals surface area contributed by atoms with E-state index >= 15 is 0 Å². The molecule has 28 heavy (non-hydrogen) atoms. The molecule has 0 radical (unpaired) electrons. The van der Waals surface area contributed by atoms with E-state index in [1.165, 1.54) is 35.1 Å². The molecule has 5 heteroatoms. The zero-order valence-electron chi connectivity index (χ0n) is 16.9. The van der Waals surface area contributed by atoms with Gasteiger partial charge < -0.3 is 5.32 Å². The van der Waals surface area contributed by atoms with Crippen molar-refractivity contribution < 1.29 is 4.79 Å². The zero-order chi connectivity index (χ0) is 19.5. The SMILES string of the molecule is Cc1ccc(-n2cc(C3=CCN(CC(=O)NC4CCCC4)CC3)cn2)cc1C. The second kappa shape index (κ2) is 8.31. The Morgan fingerprint density at radius 3 is 2.75 bits per heavy atom. The van der Waals surface area contributed by atoms with Crippen molar-refractivity contribution in [3.8, 4) is 5.69 Å². The average molecular weight is 379 g/mol. The summed E-state index contributed by atoms with van der Waals surface area (Å²) >= 11 is 0. The Hall–Kier alpha value is -2.40. The van der Waals surface area contributed by atoms with Gasteiger partial charge >= 0.3 is 0 Å². The summed E-state index contributed by atoms with van der Waals surface area (Å²) in [6.07, 6.45) is 12.0. The van der Waals surface area contributed by atoms with Crippen LogP contribution in [0.4, 0.5) is 0 Å². The molecule has 1 amide bonds. The number of carbonyl (C=O) groups excluding carboxylic acids is 1. The molecule has 1 N–H and O–H groups in total. The number of benzene rings is 1. The summed E-state index contributed by atoms with van der Waals surface area (Å²) in [6, 6.07) is 6.82. The minimum atomic E-state index is 0.173. The van der Waals surface area contributed by atoms with Crippen LogP contribution in [0, 0.1) is 13.8 Å². The molecule has 2 aromatic rings. The Morgan fingerprint density at radius 2 is 2.04 bits per heavy atom. The highest BCUT2D eigenvalue weighted by Gasteiger charge is 2.20. The summed E-state index contributed by atoms with van der Waals surface area (Å²) in [5, 5.41) is 7.74. The smallest absolute Gasteiger partial charge is 0.234 e. The molecule has 1 aromatic heterocycles. The largest absolute Gasteiger partial charge is 0.352 e. The predicted octanol–water partition coefficient (Wildman–Crippen LogP) is 3.64. The lowest BCUT2D eigenvalue weighted by atomic mass is 10.0. The predicted molar refractivity (Wildman–Crippen MR) is 112 cm³/mol. The van der Waals surface area contributed by atoms with Gasteiger partial charge in [0.25, 0.3) is 0 Å². The molecule has 2 aliphatic rings. The van der Waals surface area contributed by atoms with Crippen LogP contribution >= 0.6 is 0 Å². The lowest BCUT2D eigenvalue weighted by Crippen LogP contribution is -2.42. The molecule has 4 rings (SSSR count). The molecule has 1 aliphatic heterocycles. The lowest BCUT2D eigenvalue weighted by molar-refractivity contribution is -0.122. The summed E-state index contributed by atoms with van der Waals surface area (Å²) in [5.41, 5.74) is 6.16. The summed E-state index contributed by atoms with van der Waals surface area (Å²) in [5.74, 6) is 0.173. The Balaban J connectivity index is 1.35. The number of carbonyl (C=O) groups is 1. The Labute approximate surface area is 167 Å². The van der Waals surface area contributed by atoms with Crippen LogP contribution in [0.15, 0.2) is 36.7 Å². The van der Waals surface area contributed by atoms with E-state index in [2.05, 4.69) is 59.6 Å². The number of nitrogens with zero attached hydrogens (tertiary/aromatic N) is 3. The van der Waals surface area contributed by atoms with Gasteiger partial charge in [-0.15, -0.1) is 0 Å². The van der Waals surface area contributed by atoms with Crippen molar-refractivity contribution in [3.63, 3.8) is 0 Å². The Kier molecular flexibility index (Phi) is 5.62. The van der Waals surface area contributed by atoms with Crippen LogP contribution in [0.3, 0.4) is 0 Å². The highest BCUT2D eigenvalue weighted by molar-refractivity contribution is 5.78. The highest BCUT2D eigenvalue weighted by Crippen LogP contribution is 2.23. The fourth-order valence-corrected chi connectivity index (χ4v) is 4.16. The van der Waals surface area contributed by atoms with Crippen LogP contribution in [-0.2, 0) is 4.79 Å². The van der Waals surface area contributed by atoms with Crippen molar-refractivity contribution >= 4 is 11.5 Å². The maximum atomic E-state index is 12.2. The van der Waals surface area contributed by atoms with E-state index in [1.54, 1.807) is 0 Å². The number of nitrogens with one attached hydrogen (secondary N) is 1. The Bertz CT molecular complexity index is 876. The number of aromatic nitrogens is 2. The monoisotopic (exact) mass is 378 g/mol. The summed E-state index contributed by atoms with van der Waals surface area (Å²) in [6.45, 7) is 6.49. The van der Waals surface area contributed by atoms with E-state index in [0.717, 1.165) is 38.0 Å². The van der Waals surface area contributed by atoms with Gasteiger partial charge in [0, 0.05) is 30.9 Å². The van der Waals surface area contributed by atoms with Crippen LogP contribution in [-0.4, -0.2) is 46.3 Å². The first kappa shape index (κ1) is 18.9. The van der Waals surface area contributed by atoms with Crippen LogP contribution in [0.25, 0.3) is 11.3 Å². The maximum absolute atomic E-state index is 12.2.